The molecule has 2 heterocycles. The maximum Gasteiger partial charge on any atom is 0.251 e. The molecule has 1 aromatic rings. The van der Waals surface area contributed by atoms with Crippen LogP contribution in [0.4, 0.5) is 0 Å². The van der Waals surface area contributed by atoms with Gasteiger partial charge in [0.05, 0.1) is 0 Å². The average Bonchev–Trinajstić information content (AvgIpc) is 2.91. The van der Waals surface area contributed by atoms with Gasteiger partial charge < -0.3 is 14.9 Å². The van der Waals surface area contributed by atoms with E-state index in [1.54, 1.807) is 4.90 Å². The number of piperidine rings is 1. The number of nitrogens with zero attached hydrogens (tertiary/aromatic N) is 2. The van der Waals surface area contributed by atoms with E-state index >= 15 is 0 Å². The van der Waals surface area contributed by atoms with E-state index in [-0.39, 0.29) is 17.2 Å². The molecule has 1 aromatic carbocycles. The molecule has 2 saturated heterocycles. The number of carbonyl (C=O) groups excluding carboxylic acids is 2. The molecule has 0 aliphatic carbocycles. The van der Waals surface area contributed by atoms with E-state index in [4.69, 9.17) is 0 Å². The zero-order valence-electron chi connectivity index (χ0n) is 14.7. The molecule has 0 unspecified atom stereocenters. The fraction of sp³-hybridized carbons (Fsp3) is 0.500. The maximum absolute atomic E-state index is 12.4. The van der Waals surface area contributed by atoms with Crippen LogP contribution in [0.25, 0.3) is 6.08 Å². The van der Waals surface area contributed by atoms with Crippen molar-refractivity contribution in [3.63, 3.8) is 0 Å². The van der Waals surface area contributed by atoms with Gasteiger partial charge in [0.25, 0.3) is 5.91 Å². The standard InChI is InChI=1S/C20H26N2O3/c1-16(23)19(25)21-12-9-20(10-13-21)14-18(24)22(15-20)11-5-8-17-6-3-2-4-7-17/h2-8,16,23H,9-15H2,1H3/t16-/m0/s1. The quantitative estimate of drug-likeness (QED) is 0.909. The van der Waals surface area contributed by atoms with E-state index in [0.717, 1.165) is 24.9 Å². The molecule has 2 fully saturated rings. The lowest BCUT2D eigenvalue weighted by molar-refractivity contribution is -0.141. The average molecular weight is 342 g/mol. The number of hydrogen-bond donors (Lipinski definition) is 1. The van der Waals surface area contributed by atoms with Crippen LogP contribution in [0, 0.1) is 5.41 Å². The predicted octanol–water partition coefficient (Wildman–Crippen LogP) is 1.92. The molecule has 1 atom stereocenters. The van der Waals surface area contributed by atoms with Gasteiger partial charge in [-0.1, -0.05) is 42.5 Å². The highest BCUT2D eigenvalue weighted by atomic mass is 16.3. The predicted molar refractivity (Wildman–Crippen MR) is 96.6 cm³/mol. The number of amides is 2. The first-order valence-electron chi connectivity index (χ1n) is 8.95. The van der Waals surface area contributed by atoms with Gasteiger partial charge in [-0.15, -0.1) is 0 Å². The molecule has 2 aliphatic rings. The maximum atomic E-state index is 12.4. The van der Waals surface area contributed by atoms with Crippen molar-refractivity contribution >= 4 is 17.9 Å². The number of aliphatic hydroxyl groups is 1. The minimum atomic E-state index is -0.945. The second-order valence-corrected chi connectivity index (χ2v) is 7.27. The van der Waals surface area contributed by atoms with Gasteiger partial charge in [-0.3, -0.25) is 9.59 Å². The number of hydrogen-bond acceptors (Lipinski definition) is 3. The lowest BCUT2D eigenvalue weighted by Gasteiger charge is -2.39. The first-order valence-corrected chi connectivity index (χ1v) is 8.95. The van der Waals surface area contributed by atoms with E-state index in [2.05, 4.69) is 0 Å². The van der Waals surface area contributed by atoms with E-state index in [9.17, 15) is 14.7 Å². The van der Waals surface area contributed by atoms with Gasteiger partial charge in [-0.25, -0.2) is 0 Å². The summed E-state index contributed by atoms with van der Waals surface area (Å²) in [4.78, 5) is 27.9. The molecule has 2 aliphatic heterocycles. The largest absolute Gasteiger partial charge is 0.384 e. The first kappa shape index (κ1) is 17.7. The molecular formula is C20H26N2O3. The zero-order valence-corrected chi connectivity index (χ0v) is 14.7. The van der Waals surface area contributed by atoms with Crippen molar-refractivity contribution in [2.75, 3.05) is 26.2 Å². The van der Waals surface area contributed by atoms with Gasteiger partial charge in [-0.2, -0.15) is 0 Å². The highest BCUT2D eigenvalue weighted by Crippen LogP contribution is 2.41. The van der Waals surface area contributed by atoms with Crippen LogP contribution in [-0.4, -0.2) is 59.0 Å². The molecule has 5 nitrogen and oxygen atoms in total. The Balaban J connectivity index is 1.54. The third-order valence-corrected chi connectivity index (χ3v) is 5.33. The summed E-state index contributed by atoms with van der Waals surface area (Å²) >= 11 is 0. The summed E-state index contributed by atoms with van der Waals surface area (Å²) in [6.07, 6.45) is 5.37. The Morgan fingerprint density at radius 1 is 1.28 bits per heavy atom. The van der Waals surface area contributed by atoms with Crippen LogP contribution in [0.15, 0.2) is 36.4 Å². The van der Waals surface area contributed by atoms with Gasteiger partial charge in [0, 0.05) is 38.0 Å². The third kappa shape index (κ3) is 4.10. The number of aliphatic hydroxyl groups excluding tert-OH is 1. The molecule has 1 N–H and O–H groups in total. The fourth-order valence-corrected chi connectivity index (χ4v) is 3.83. The van der Waals surface area contributed by atoms with E-state index in [1.807, 2.05) is 47.4 Å². The van der Waals surface area contributed by atoms with Crippen molar-refractivity contribution in [2.24, 2.45) is 5.41 Å². The Morgan fingerprint density at radius 2 is 1.96 bits per heavy atom. The monoisotopic (exact) mass is 342 g/mol. The summed E-state index contributed by atoms with van der Waals surface area (Å²) in [5.74, 6) is -0.00478. The highest BCUT2D eigenvalue weighted by molar-refractivity contribution is 5.81. The van der Waals surface area contributed by atoms with Gasteiger partial charge in [0.15, 0.2) is 0 Å². The van der Waals surface area contributed by atoms with Crippen LogP contribution in [0.1, 0.15) is 31.7 Å². The molecule has 25 heavy (non-hydrogen) atoms. The Morgan fingerprint density at radius 3 is 2.60 bits per heavy atom. The fourth-order valence-electron chi connectivity index (χ4n) is 3.83. The van der Waals surface area contributed by atoms with Crippen molar-refractivity contribution in [3.8, 4) is 0 Å². The molecule has 0 radical (unpaired) electrons. The van der Waals surface area contributed by atoms with Gasteiger partial charge in [0.1, 0.15) is 6.10 Å². The van der Waals surface area contributed by atoms with Crippen molar-refractivity contribution in [3.05, 3.63) is 42.0 Å². The smallest absolute Gasteiger partial charge is 0.251 e. The molecule has 3 rings (SSSR count). The number of benzene rings is 1. The number of rotatable bonds is 4. The molecule has 0 bridgehead atoms. The summed E-state index contributed by atoms with van der Waals surface area (Å²) in [7, 11) is 0. The van der Waals surface area contributed by atoms with Crippen LogP contribution in [0.5, 0.6) is 0 Å². The van der Waals surface area contributed by atoms with Crippen molar-refractivity contribution in [1.82, 2.24) is 9.80 Å². The lowest BCUT2D eigenvalue weighted by Crippen LogP contribution is -2.47. The summed E-state index contributed by atoms with van der Waals surface area (Å²) in [6.45, 7) is 4.16. The van der Waals surface area contributed by atoms with Crippen LogP contribution in [0.3, 0.4) is 0 Å². The van der Waals surface area contributed by atoms with Crippen LogP contribution in [0.2, 0.25) is 0 Å². The Hall–Kier alpha value is -2.14. The molecule has 2 amide bonds. The Kier molecular flexibility index (Phi) is 5.23. The van der Waals surface area contributed by atoms with Crippen LogP contribution >= 0.6 is 0 Å². The third-order valence-electron chi connectivity index (χ3n) is 5.33. The Labute approximate surface area is 148 Å². The molecule has 5 heteroatoms. The summed E-state index contributed by atoms with van der Waals surface area (Å²) < 4.78 is 0. The van der Waals surface area contributed by atoms with Crippen molar-refractivity contribution in [1.29, 1.82) is 0 Å². The van der Waals surface area contributed by atoms with Gasteiger partial charge in [0.2, 0.25) is 5.91 Å². The second kappa shape index (κ2) is 7.40. The summed E-state index contributed by atoms with van der Waals surface area (Å²) in [5.41, 5.74) is 1.13. The number of likely N-dealkylation sites (tertiary alicyclic amines) is 2. The van der Waals surface area contributed by atoms with E-state index < -0.39 is 6.10 Å². The topological polar surface area (TPSA) is 60.9 Å². The molecular weight excluding hydrogens is 316 g/mol. The highest BCUT2D eigenvalue weighted by Gasteiger charge is 2.45. The molecule has 0 saturated carbocycles. The van der Waals surface area contributed by atoms with Crippen LogP contribution < -0.4 is 0 Å². The second-order valence-electron chi connectivity index (χ2n) is 7.27. The Bertz CT molecular complexity index is 646. The summed E-state index contributed by atoms with van der Waals surface area (Å²) in [6, 6.07) is 10.1. The molecule has 1 spiro atoms. The minimum Gasteiger partial charge on any atom is -0.384 e. The van der Waals surface area contributed by atoms with Crippen LogP contribution in [-0.2, 0) is 9.59 Å². The van der Waals surface area contributed by atoms with Crippen molar-refractivity contribution in [2.45, 2.75) is 32.3 Å². The molecule has 0 aromatic heterocycles. The first-order chi connectivity index (χ1) is 12.0. The van der Waals surface area contributed by atoms with E-state index in [0.29, 0.717) is 26.1 Å². The molecule has 134 valence electrons. The van der Waals surface area contributed by atoms with Crippen molar-refractivity contribution < 1.29 is 14.7 Å². The lowest BCUT2D eigenvalue weighted by atomic mass is 9.77. The SMILES string of the molecule is C[C@H](O)C(=O)N1CCC2(CC1)CC(=O)N(CC=Cc1ccccc1)C2. The zero-order chi connectivity index (χ0) is 17.9. The summed E-state index contributed by atoms with van der Waals surface area (Å²) in [5, 5.41) is 9.44. The normalized spacial score (nSPS) is 21.3. The van der Waals surface area contributed by atoms with Gasteiger partial charge >= 0.3 is 0 Å². The van der Waals surface area contributed by atoms with E-state index in [1.165, 1.54) is 6.92 Å². The van der Waals surface area contributed by atoms with Gasteiger partial charge in [-0.05, 0) is 25.3 Å². The number of carbonyl (C=O) groups is 2. The minimum absolute atomic E-state index is 0.00680.